The predicted molar refractivity (Wildman–Crippen MR) is 67.1 cm³/mol. The molecule has 0 unspecified atom stereocenters. The molecule has 0 atom stereocenters. The number of benzene rings is 1. The number of thiol groups is 1. The topological polar surface area (TPSA) is 24.9 Å². The van der Waals surface area contributed by atoms with Crippen LogP contribution in [0.1, 0.15) is 12.1 Å². The third-order valence-electron chi connectivity index (χ3n) is 2.46. The summed E-state index contributed by atoms with van der Waals surface area (Å²) < 4.78 is 2.85. The number of pyridine rings is 1. The third kappa shape index (κ3) is 2.49. The van der Waals surface area contributed by atoms with E-state index >= 15 is 0 Å². The quantitative estimate of drug-likeness (QED) is 0.609. The standard InChI is InChI=1S/C12H14N2S/c15-14-8-3-6-12-11-5-2-1-4-10(11)7-9-13-12/h1-2,4-5,7,9,14-15H,3,6,8H2. The highest BCUT2D eigenvalue weighted by Crippen LogP contribution is 2.17. The molecule has 0 amide bonds. The fourth-order valence-corrected chi connectivity index (χ4v) is 1.87. The maximum absolute atomic E-state index is 4.43. The maximum Gasteiger partial charge on any atom is 0.0482 e. The van der Waals surface area contributed by atoms with Crippen molar-refractivity contribution in [2.24, 2.45) is 0 Å². The number of nitrogens with zero attached hydrogens (tertiary/aromatic N) is 1. The zero-order valence-electron chi connectivity index (χ0n) is 8.48. The number of rotatable bonds is 4. The molecule has 15 heavy (non-hydrogen) atoms. The van der Waals surface area contributed by atoms with Gasteiger partial charge in [0.05, 0.1) is 0 Å². The molecule has 1 N–H and O–H groups in total. The van der Waals surface area contributed by atoms with E-state index in [1.807, 2.05) is 6.20 Å². The number of aromatic nitrogens is 1. The van der Waals surface area contributed by atoms with E-state index in [2.05, 4.69) is 52.9 Å². The lowest BCUT2D eigenvalue weighted by Gasteiger charge is -2.04. The van der Waals surface area contributed by atoms with Crippen molar-refractivity contribution in [3.05, 3.63) is 42.2 Å². The van der Waals surface area contributed by atoms with Gasteiger partial charge < -0.3 is 0 Å². The van der Waals surface area contributed by atoms with E-state index in [-0.39, 0.29) is 0 Å². The molecule has 0 bridgehead atoms. The van der Waals surface area contributed by atoms with Crippen molar-refractivity contribution in [2.45, 2.75) is 12.8 Å². The first-order valence-corrected chi connectivity index (χ1v) is 5.56. The molecule has 0 spiro atoms. The minimum absolute atomic E-state index is 0.911. The molecular weight excluding hydrogens is 204 g/mol. The third-order valence-corrected chi connectivity index (χ3v) is 2.68. The number of hydrogen-bond donors (Lipinski definition) is 2. The molecule has 2 rings (SSSR count). The molecule has 2 nitrogen and oxygen atoms in total. The summed E-state index contributed by atoms with van der Waals surface area (Å²) in [5.41, 5.74) is 1.18. The van der Waals surface area contributed by atoms with Crippen molar-refractivity contribution in [2.75, 3.05) is 6.54 Å². The van der Waals surface area contributed by atoms with Crippen LogP contribution in [-0.4, -0.2) is 11.5 Å². The summed E-state index contributed by atoms with van der Waals surface area (Å²) in [6, 6.07) is 10.4. The van der Waals surface area contributed by atoms with Crippen LogP contribution in [0.2, 0.25) is 0 Å². The van der Waals surface area contributed by atoms with Gasteiger partial charge in [-0.25, -0.2) is 0 Å². The lowest BCUT2D eigenvalue weighted by Crippen LogP contribution is -2.03. The Morgan fingerprint density at radius 2 is 2.07 bits per heavy atom. The Morgan fingerprint density at radius 3 is 2.93 bits per heavy atom. The fourth-order valence-electron chi connectivity index (χ4n) is 1.72. The second kappa shape index (κ2) is 5.14. The molecule has 0 saturated carbocycles. The smallest absolute Gasteiger partial charge is 0.0482 e. The van der Waals surface area contributed by atoms with Crippen molar-refractivity contribution in [1.82, 2.24) is 9.71 Å². The Morgan fingerprint density at radius 1 is 1.20 bits per heavy atom. The van der Waals surface area contributed by atoms with Crippen LogP contribution in [0, 0.1) is 0 Å². The summed E-state index contributed by atoms with van der Waals surface area (Å²) in [7, 11) is 0. The van der Waals surface area contributed by atoms with Crippen LogP contribution in [0.15, 0.2) is 36.5 Å². The molecule has 78 valence electrons. The van der Waals surface area contributed by atoms with Gasteiger partial charge in [0.15, 0.2) is 0 Å². The number of aryl methyl sites for hydroxylation is 1. The maximum atomic E-state index is 4.43. The zero-order chi connectivity index (χ0) is 10.5. The first kappa shape index (κ1) is 10.5. The van der Waals surface area contributed by atoms with E-state index in [4.69, 9.17) is 0 Å². The Balaban J connectivity index is 2.26. The molecule has 1 heterocycles. The van der Waals surface area contributed by atoms with Gasteiger partial charge in [-0.2, -0.15) is 0 Å². The highest BCUT2D eigenvalue weighted by atomic mass is 32.1. The fraction of sp³-hybridized carbons (Fsp3) is 0.250. The van der Waals surface area contributed by atoms with E-state index in [9.17, 15) is 0 Å². The van der Waals surface area contributed by atoms with Crippen molar-refractivity contribution in [3.8, 4) is 0 Å². The molecule has 0 aliphatic rings. The molecule has 0 aliphatic heterocycles. The Labute approximate surface area is 95.3 Å². The average molecular weight is 218 g/mol. The van der Waals surface area contributed by atoms with Gasteiger partial charge in [-0.3, -0.25) is 9.71 Å². The highest BCUT2D eigenvalue weighted by molar-refractivity contribution is 7.78. The van der Waals surface area contributed by atoms with Gasteiger partial charge in [0.1, 0.15) is 0 Å². The lowest BCUT2D eigenvalue weighted by molar-refractivity contribution is 0.788. The molecule has 3 heteroatoms. The second-order valence-corrected chi connectivity index (χ2v) is 3.81. The number of nitrogens with one attached hydrogen (secondary N) is 1. The predicted octanol–water partition coefficient (Wildman–Crippen LogP) is 2.60. The average Bonchev–Trinajstić information content (AvgIpc) is 2.30. The first-order valence-electron chi connectivity index (χ1n) is 5.11. The zero-order valence-corrected chi connectivity index (χ0v) is 9.37. The van der Waals surface area contributed by atoms with Crippen LogP contribution in [0.4, 0.5) is 0 Å². The van der Waals surface area contributed by atoms with Crippen molar-refractivity contribution < 1.29 is 0 Å². The monoisotopic (exact) mass is 218 g/mol. The van der Waals surface area contributed by atoms with Crippen molar-refractivity contribution in [3.63, 3.8) is 0 Å². The van der Waals surface area contributed by atoms with Gasteiger partial charge in [0.2, 0.25) is 0 Å². The van der Waals surface area contributed by atoms with Crippen molar-refractivity contribution >= 4 is 23.6 Å². The van der Waals surface area contributed by atoms with Crippen LogP contribution >= 0.6 is 12.8 Å². The van der Waals surface area contributed by atoms with Crippen LogP contribution in [-0.2, 0) is 6.42 Å². The summed E-state index contributed by atoms with van der Waals surface area (Å²) in [5, 5.41) is 2.53. The highest BCUT2D eigenvalue weighted by Gasteiger charge is 2.00. The van der Waals surface area contributed by atoms with E-state index in [0.717, 1.165) is 19.4 Å². The summed E-state index contributed by atoms with van der Waals surface area (Å²) in [4.78, 5) is 4.43. The molecule has 0 saturated heterocycles. The molecule has 0 aliphatic carbocycles. The lowest BCUT2D eigenvalue weighted by atomic mass is 10.1. The normalized spacial score (nSPS) is 10.7. The van der Waals surface area contributed by atoms with Crippen LogP contribution < -0.4 is 4.72 Å². The van der Waals surface area contributed by atoms with Crippen LogP contribution in [0.25, 0.3) is 10.8 Å². The number of fused-ring (bicyclic) bond motifs is 1. The number of hydrogen-bond acceptors (Lipinski definition) is 3. The minimum atomic E-state index is 0.911. The summed E-state index contributed by atoms with van der Waals surface area (Å²) >= 11 is 3.97. The Bertz CT molecular complexity index is 437. The molecule has 2 aromatic rings. The molecule has 0 radical (unpaired) electrons. The summed E-state index contributed by atoms with van der Waals surface area (Å²) in [5.74, 6) is 0. The van der Waals surface area contributed by atoms with Gasteiger partial charge >= 0.3 is 0 Å². The van der Waals surface area contributed by atoms with Gasteiger partial charge in [-0.1, -0.05) is 37.1 Å². The van der Waals surface area contributed by atoms with Gasteiger partial charge in [0, 0.05) is 23.8 Å². The molecule has 1 aromatic carbocycles. The van der Waals surface area contributed by atoms with E-state index in [0.29, 0.717) is 0 Å². The van der Waals surface area contributed by atoms with Gasteiger partial charge in [-0.15, -0.1) is 0 Å². The molecule has 0 fully saturated rings. The van der Waals surface area contributed by atoms with Crippen molar-refractivity contribution in [1.29, 1.82) is 0 Å². The van der Waals surface area contributed by atoms with E-state index < -0.39 is 0 Å². The molecule has 1 aromatic heterocycles. The Kier molecular flexibility index (Phi) is 3.59. The van der Waals surface area contributed by atoms with E-state index in [1.165, 1.54) is 16.5 Å². The SMILES string of the molecule is SNCCCc1nccc2ccccc12. The molecular formula is C12H14N2S. The summed E-state index contributed by atoms with van der Waals surface area (Å²) in [6.07, 6.45) is 3.94. The van der Waals surface area contributed by atoms with Gasteiger partial charge in [-0.05, 0) is 24.3 Å². The summed E-state index contributed by atoms with van der Waals surface area (Å²) in [6.45, 7) is 0.911. The largest absolute Gasteiger partial charge is 0.267 e. The minimum Gasteiger partial charge on any atom is -0.267 e. The van der Waals surface area contributed by atoms with Crippen LogP contribution in [0.3, 0.4) is 0 Å². The van der Waals surface area contributed by atoms with Gasteiger partial charge in [0.25, 0.3) is 0 Å². The Hall–Kier alpha value is -1.06. The second-order valence-electron chi connectivity index (χ2n) is 3.49. The van der Waals surface area contributed by atoms with E-state index in [1.54, 1.807) is 0 Å². The first-order chi connectivity index (χ1) is 7.42. The van der Waals surface area contributed by atoms with Crippen LogP contribution in [0.5, 0.6) is 0 Å².